The summed E-state index contributed by atoms with van der Waals surface area (Å²) in [6, 6.07) is 9.56. The number of allylic oxidation sites excluding steroid dienone is 1. The standard InChI is InChI=1S/C16H15N5OS3/c1-3-23-15-20-21-16(25-15)24-9(2)13(22)10(8-17)14-18-11-6-4-5-7-12(11)19-14/h4-7,9,22H,3H2,1-2H3,(H,18,19)/b13-10-/t9-/m0/s1. The number of aromatic nitrogens is 4. The van der Waals surface area contributed by atoms with Gasteiger partial charge in [-0.3, -0.25) is 0 Å². The van der Waals surface area contributed by atoms with Gasteiger partial charge < -0.3 is 10.1 Å². The minimum atomic E-state index is -0.338. The average Bonchev–Trinajstić information content (AvgIpc) is 3.22. The minimum Gasteiger partial charge on any atom is -0.510 e. The molecule has 6 nitrogen and oxygen atoms in total. The lowest BCUT2D eigenvalue weighted by Crippen LogP contribution is -2.04. The molecule has 0 aliphatic heterocycles. The largest absolute Gasteiger partial charge is 0.510 e. The molecule has 1 atom stereocenters. The molecule has 128 valence electrons. The molecular weight excluding hydrogens is 374 g/mol. The number of rotatable bonds is 6. The zero-order valence-corrected chi connectivity index (χ0v) is 16.0. The van der Waals surface area contributed by atoms with E-state index in [1.54, 1.807) is 11.8 Å². The fraction of sp³-hybridized carbons (Fsp3) is 0.250. The molecule has 3 rings (SSSR count). The molecule has 2 heterocycles. The summed E-state index contributed by atoms with van der Waals surface area (Å²) in [5, 5.41) is 27.9. The van der Waals surface area contributed by atoms with Crippen LogP contribution in [0.5, 0.6) is 0 Å². The number of fused-ring (bicyclic) bond motifs is 1. The quantitative estimate of drug-likeness (QED) is 0.364. The maximum atomic E-state index is 10.6. The molecule has 9 heteroatoms. The van der Waals surface area contributed by atoms with Crippen LogP contribution >= 0.6 is 34.9 Å². The Kier molecular flexibility index (Phi) is 5.63. The number of imidazole rings is 1. The van der Waals surface area contributed by atoms with Crippen LogP contribution in [0.25, 0.3) is 16.6 Å². The van der Waals surface area contributed by atoms with Crippen LogP contribution in [0.4, 0.5) is 0 Å². The van der Waals surface area contributed by atoms with Crippen LogP contribution in [0.15, 0.2) is 38.7 Å². The Morgan fingerprint density at radius 1 is 1.36 bits per heavy atom. The first kappa shape index (κ1) is 17.8. The van der Waals surface area contributed by atoms with E-state index in [-0.39, 0.29) is 16.6 Å². The van der Waals surface area contributed by atoms with Gasteiger partial charge in [-0.25, -0.2) is 4.98 Å². The summed E-state index contributed by atoms with van der Waals surface area (Å²) in [5.74, 6) is 1.28. The van der Waals surface area contributed by atoms with Gasteiger partial charge in [-0.2, -0.15) is 5.26 Å². The lowest BCUT2D eigenvalue weighted by Gasteiger charge is -2.09. The molecule has 0 spiro atoms. The second-order valence-electron chi connectivity index (χ2n) is 5.00. The maximum absolute atomic E-state index is 10.6. The third-order valence-electron chi connectivity index (χ3n) is 3.31. The third-order valence-corrected chi connectivity index (χ3v) is 6.44. The summed E-state index contributed by atoms with van der Waals surface area (Å²) in [6.45, 7) is 3.89. The van der Waals surface area contributed by atoms with Crippen molar-refractivity contribution >= 4 is 51.5 Å². The summed E-state index contributed by atoms with van der Waals surface area (Å²) in [7, 11) is 0. The van der Waals surface area contributed by atoms with Gasteiger partial charge in [0.15, 0.2) is 14.5 Å². The molecule has 0 saturated carbocycles. The van der Waals surface area contributed by atoms with Gasteiger partial charge in [0, 0.05) is 0 Å². The van der Waals surface area contributed by atoms with Crippen molar-refractivity contribution in [1.82, 2.24) is 20.2 Å². The first-order valence-corrected chi connectivity index (χ1v) is 10.2. The molecule has 3 aromatic rings. The van der Waals surface area contributed by atoms with Crippen LogP contribution in [0.3, 0.4) is 0 Å². The monoisotopic (exact) mass is 389 g/mol. The van der Waals surface area contributed by atoms with Crippen LogP contribution in [-0.4, -0.2) is 36.3 Å². The Morgan fingerprint density at radius 3 is 2.84 bits per heavy atom. The second-order valence-corrected chi connectivity index (χ2v) is 9.08. The van der Waals surface area contributed by atoms with Gasteiger partial charge in [0.05, 0.1) is 16.3 Å². The highest BCUT2D eigenvalue weighted by Crippen LogP contribution is 2.34. The SMILES string of the molecule is CCSc1nnc(S[C@@H](C)/C(O)=C(\C#N)c2nc3ccccc3[nH]2)s1. The van der Waals surface area contributed by atoms with Gasteiger partial charge in [0.25, 0.3) is 0 Å². The van der Waals surface area contributed by atoms with Crippen LogP contribution in [0.2, 0.25) is 0 Å². The van der Waals surface area contributed by atoms with Crippen molar-refractivity contribution in [2.75, 3.05) is 5.75 Å². The average molecular weight is 390 g/mol. The van der Waals surface area contributed by atoms with Crippen molar-refractivity contribution in [3.05, 3.63) is 35.8 Å². The van der Waals surface area contributed by atoms with E-state index in [1.165, 1.54) is 23.1 Å². The van der Waals surface area contributed by atoms with E-state index in [0.29, 0.717) is 5.82 Å². The molecule has 0 radical (unpaired) electrons. The Hall–Kier alpha value is -2.02. The number of nitrogens with one attached hydrogen (secondary N) is 1. The van der Waals surface area contributed by atoms with Gasteiger partial charge in [0.1, 0.15) is 17.4 Å². The van der Waals surface area contributed by atoms with Gasteiger partial charge in [-0.15, -0.1) is 10.2 Å². The number of nitriles is 1. The number of benzene rings is 1. The lowest BCUT2D eigenvalue weighted by atomic mass is 10.2. The summed E-state index contributed by atoms with van der Waals surface area (Å²) in [4.78, 5) is 7.47. The van der Waals surface area contributed by atoms with Crippen molar-refractivity contribution in [2.24, 2.45) is 0 Å². The van der Waals surface area contributed by atoms with Crippen molar-refractivity contribution in [2.45, 2.75) is 27.8 Å². The van der Waals surface area contributed by atoms with Gasteiger partial charge in [0.2, 0.25) is 0 Å². The molecule has 2 aromatic heterocycles. The maximum Gasteiger partial charge on any atom is 0.175 e. The van der Waals surface area contributed by atoms with Gasteiger partial charge in [-0.1, -0.05) is 53.9 Å². The molecule has 0 bridgehead atoms. The van der Waals surface area contributed by atoms with Crippen molar-refractivity contribution in [1.29, 1.82) is 5.26 Å². The van der Waals surface area contributed by atoms with E-state index in [9.17, 15) is 10.4 Å². The number of hydrogen-bond donors (Lipinski definition) is 2. The number of H-pyrrole nitrogens is 1. The third kappa shape index (κ3) is 3.98. The fourth-order valence-corrected chi connectivity index (χ4v) is 5.26. The van der Waals surface area contributed by atoms with Crippen LogP contribution in [-0.2, 0) is 0 Å². The first-order valence-electron chi connectivity index (χ1n) is 7.53. The Balaban J connectivity index is 1.85. The molecule has 1 aromatic carbocycles. The predicted octanol–water partition coefficient (Wildman–Crippen LogP) is 4.50. The first-order chi connectivity index (χ1) is 12.1. The van der Waals surface area contributed by atoms with E-state index < -0.39 is 0 Å². The lowest BCUT2D eigenvalue weighted by molar-refractivity contribution is 0.402. The fourth-order valence-electron chi connectivity index (χ4n) is 2.14. The molecule has 2 N–H and O–H groups in total. The van der Waals surface area contributed by atoms with Crippen LogP contribution in [0, 0.1) is 11.3 Å². The van der Waals surface area contributed by atoms with Crippen molar-refractivity contribution < 1.29 is 5.11 Å². The van der Waals surface area contributed by atoms with E-state index in [4.69, 9.17) is 0 Å². The summed E-state index contributed by atoms with van der Waals surface area (Å²) >= 11 is 4.49. The number of para-hydroxylation sites is 2. The molecule has 0 fully saturated rings. The number of aliphatic hydroxyl groups is 1. The topological polar surface area (TPSA) is 98.5 Å². The molecule has 0 amide bonds. The van der Waals surface area contributed by atoms with E-state index in [1.807, 2.05) is 31.2 Å². The smallest absolute Gasteiger partial charge is 0.175 e. The Bertz CT molecular complexity index is 923. The molecule has 0 saturated heterocycles. The highest BCUT2D eigenvalue weighted by atomic mass is 32.2. The Morgan fingerprint density at radius 2 is 2.12 bits per heavy atom. The molecule has 0 aliphatic rings. The number of thioether (sulfide) groups is 2. The molecule has 0 unspecified atom stereocenters. The minimum absolute atomic E-state index is 0.0218. The number of nitrogens with zero attached hydrogens (tertiary/aromatic N) is 4. The van der Waals surface area contributed by atoms with E-state index in [2.05, 4.69) is 33.2 Å². The highest BCUT2D eigenvalue weighted by Gasteiger charge is 2.20. The molecule has 0 aliphatic carbocycles. The normalized spacial score (nSPS) is 13.5. The van der Waals surface area contributed by atoms with E-state index >= 15 is 0 Å². The zero-order valence-electron chi connectivity index (χ0n) is 13.6. The molecular formula is C16H15N5OS3. The van der Waals surface area contributed by atoms with Crippen LogP contribution in [0.1, 0.15) is 19.7 Å². The predicted molar refractivity (Wildman–Crippen MR) is 103 cm³/mol. The Labute approximate surface area is 157 Å². The van der Waals surface area contributed by atoms with Gasteiger partial charge >= 0.3 is 0 Å². The summed E-state index contributed by atoms with van der Waals surface area (Å²) in [6.07, 6.45) is 0. The van der Waals surface area contributed by atoms with Crippen molar-refractivity contribution in [3.8, 4) is 6.07 Å². The zero-order chi connectivity index (χ0) is 17.8. The summed E-state index contributed by atoms with van der Waals surface area (Å²) < 4.78 is 1.66. The highest BCUT2D eigenvalue weighted by molar-refractivity contribution is 8.03. The number of aliphatic hydroxyl groups excluding tert-OH is 1. The number of aromatic amines is 1. The van der Waals surface area contributed by atoms with Crippen LogP contribution < -0.4 is 0 Å². The second kappa shape index (κ2) is 7.91. The molecule has 25 heavy (non-hydrogen) atoms. The van der Waals surface area contributed by atoms with Gasteiger partial charge in [-0.05, 0) is 24.8 Å². The summed E-state index contributed by atoms with van der Waals surface area (Å²) in [5.41, 5.74) is 1.72. The van der Waals surface area contributed by atoms with E-state index in [0.717, 1.165) is 25.5 Å². The van der Waals surface area contributed by atoms with Crippen molar-refractivity contribution in [3.63, 3.8) is 0 Å². The number of hydrogen-bond acceptors (Lipinski definition) is 8.